The van der Waals surface area contributed by atoms with E-state index < -0.39 is 0 Å². The van der Waals surface area contributed by atoms with Crippen LogP contribution in [0.15, 0.2) is 18.3 Å². The molecule has 2 heterocycles. The molecule has 1 saturated carbocycles. The van der Waals surface area contributed by atoms with E-state index in [0.717, 1.165) is 6.61 Å². The van der Waals surface area contributed by atoms with Crippen LogP contribution in [0, 0.1) is 17.8 Å². The van der Waals surface area contributed by atoms with Gasteiger partial charge in [-0.2, -0.15) is 5.10 Å². The molecule has 160 valence electrons. The van der Waals surface area contributed by atoms with Gasteiger partial charge in [-0.1, -0.05) is 5.92 Å². The number of anilines is 1. The van der Waals surface area contributed by atoms with Crippen LogP contribution in [0.3, 0.4) is 0 Å². The van der Waals surface area contributed by atoms with E-state index in [1.165, 1.54) is 20.0 Å². The predicted molar refractivity (Wildman–Crippen MR) is 112 cm³/mol. The van der Waals surface area contributed by atoms with Gasteiger partial charge in [-0.25, -0.2) is 9.78 Å². The minimum absolute atomic E-state index is 0.0309. The third kappa shape index (κ3) is 6.12. The lowest BCUT2D eigenvalue weighted by molar-refractivity contribution is 0.0601. The molecule has 30 heavy (non-hydrogen) atoms. The second-order valence-electron chi connectivity index (χ2n) is 7.15. The maximum absolute atomic E-state index is 12.1. The van der Waals surface area contributed by atoms with Gasteiger partial charge in [0, 0.05) is 44.1 Å². The molecule has 3 rings (SSSR count). The molecule has 1 aliphatic rings. The fraction of sp³-hybridized carbons (Fsp3) is 0.476. The topological polar surface area (TPSA) is 99.5 Å². The van der Waals surface area contributed by atoms with Crippen LogP contribution < -0.4 is 20.1 Å². The van der Waals surface area contributed by atoms with E-state index in [0.29, 0.717) is 41.2 Å². The third-order valence-electron chi connectivity index (χ3n) is 4.55. The second kappa shape index (κ2) is 9.98. The van der Waals surface area contributed by atoms with Crippen molar-refractivity contribution in [3.8, 4) is 23.5 Å². The highest BCUT2D eigenvalue weighted by Crippen LogP contribution is 2.29. The zero-order valence-electron chi connectivity index (χ0n) is 17.7. The summed E-state index contributed by atoms with van der Waals surface area (Å²) in [6, 6.07) is 3.11. The fourth-order valence-electron chi connectivity index (χ4n) is 2.62. The first-order chi connectivity index (χ1) is 14.5. The lowest BCUT2D eigenvalue weighted by atomic mass is 10.2. The molecule has 0 aliphatic heterocycles. The lowest BCUT2D eigenvalue weighted by Gasteiger charge is -2.13. The number of nitrogens with zero attached hydrogens (tertiary/aromatic N) is 3. The first-order valence-corrected chi connectivity index (χ1v) is 9.79. The number of ether oxygens (including phenoxy) is 3. The highest BCUT2D eigenvalue weighted by molar-refractivity contribution is 5.88. The van der Waals surface area contributed by atoms with Crippen molar-refractivity contribution in [2.75, 3.05) is 32.7 Å². The summed E-state index contributed by atoms with van der Waals surface area (Å²) in [7, 11) is 4.83. The number of amides is 2. The zero-order valence-corrected chi connectivity index (χ0v) is 17.7. The van der Waals surface area contributed by atoms with E-state index in [1.807, 2.05) is 6.92 Å². The van der Waals surface area contributed by atoms with Crippen LogP contribution in [0.5, 0.6) is 11.6 Å². The van der Waals surface area contributed by atoms with Gasteiger partial charge in [0.15, 0.2) is 11.6 Å². The molecular weight excluding hydrogens is 386 g/mol. The summed E-state index contributed by atoms with van der Waals surface area (Å²) in [5.41, 5.74) is 1.31. The van der Waals surface area contributed by atoms with Gasteiger partial charge >= 0.3 is 6.03 Å². The molecule has 1 atom stereocenters. The molecule has 2 N–H and O–H groups in total. The number of aromatic nitrogens is 3. The first kappa shape index (κ1) is 21.5. The van der Waals surface area contributed by atoms with Gasteiger partial charge in [-0.3, -0.25) is 10.00 Å². The molecule has 0 radical (unpaired) electrons. The maximum atomic E-state index is 12.1. The van der Waals surface area contributed by atoms with Gasteiger partial charge in [-0.05, 0) is 31.6 Å². The van der Waals surface area contributed by atoms with Crippen LogP contribution in [-0.4, -0.2) is 54.3 Å². The number of nitrogens with one attached hydrogen (secondary N) is 2. The Bertz CT molecular complexity index is 943. The molecule has 0 spiro atoms. The smallest absolute Gasteiger partial charge is 0.320 e. The molecule has 1 fully saturated rings. The number of pyridine rings is 1. The van der Waals surface area contributed by atoms with Crippen LogP contribution >= 0.6 is 0 Å². The SMILES string of the molecule is COc1cc(C#Cc2cc(NC(=O)NC[C@@H](C)OCC3CC3)nn2C)cnc1OC. The summed E-state index contributed by atoms with van der Waals surface area (Å²) in [4.78, 5) is 16.3. The molecule has 0 bridgehead atoms. The number of hydrogen-bond acceptors (Lipinski definition) is 6. The monoisotopic (exact) mass is 413 g/mol. The molecule has 2 amide bonds. The summed E-state index contributed by atoms with van der Waals surface area (Å²) in [6.07, 6.45) is 4.06. The summed E-state index contributed by atoms with van der Waals surface area (Å²) in [6.45, 7) is 3.15. The maximum Gasteiger partial charge on any atom is 0.320 e. The molecule has 9 nitrogen and oxygen atoms in total. The van der Waals surface area contributed by atoms with E-state index in [-0.39, 0.29) is 12.1 Å². The number of methoxy groups -OCH3 is 2. The van der Waals surface area contributed by atoms with Crippen molar-refractivity contribution in [3.63, 3.8) is 0 Å². The highest BCUT2D eigenvalue weighted by Gasteiger charge is 2.22. The summed E-state index contributed by atoms with van der Waals surface area (Å²) in [5.74, 6) is 8.04. The third-order valence-corrected chi connectivity index (χ3v) is 4.55. The summed E-state index contributed by atoms with van der Waals surface area (Å²) < 4.78 is 17.6. The molecule has 2 aromatic rings. The van der Waals surface area contributed by atoms with Crippen molar-refractivity contribution in [3.05, 3.63) is 29.6 Å². The first-order valence-electron chi connectivity index (χ1n) is 9.79. The number of carbonyl (C=O) groups is 1. The average molecular weight is 413 g/mol. The van der Waals surface area contributed by atoms with Gasteiger partial charge in [0.05, 0.1) is 20.3 Å². The minimum Gasteiger partial charge on any atom is -0.491 e. The quantitative estimate of drug-likeness (QED) is 0.644. The number of rotatable bonds is 8. The Morgan fingerprint density at radius 1 is 1.30 bits per heavy atom. The molecule has 1 aliphatic carbocycles. The highest BCUT2D eigenvalue weighted by atomic mass is 16.5. The van der Waals surface area contributed by atoms with E-state index in [2.05, 4.69) is 32.6 Å². The summed E-state index contributed by atoms with van der Waals surface area (Å²) in [5, 5.41) is 9.77. The number of aryl methyl sites for hydroxylation is 1. The predicted octanol–water partition coefficient (Wildman–Crippen LogP) is 2.17. The number of urea groups is 1. The number of carbonyl (C=O) groups excluding carboxylic acids is 1. The Morgan fingerprint density at radius 2 is 2.10 bits per heavy atom. The minimum atomic E-state index is -0.335. The fourth-order valence-corrected chi connectivity index (χ4v) is 2.62. The summed E-state index contributed by atoms with van der Waals surface area (Å²) >= 11 is 0. The second-order valence-corrected chi connectivity index (χ2v) is 7.15. The Kier molecular flexibility index (Phi) is 7.14. The Hall–Kier alpha value is -3.25. The van der Waals surface area contributed by atoms with E-state index in [1.54, 1.807) is 37.2 Å². The van der Waals surface area contributed by atoms with Crippen LogP contribution in [0.25, 0.3) is 0 Å². The van der Waals surface area contributed by atoms with Gasteiger partial charge in [0.2, 0.25) is 0 Å². The average Bonchev–Trinajstić information content (AvgIpc) is 3.51. The Balaban J connectivity index is 1.55. The van der Waals surface area contributed by atoms with Gasteiger partial charge in [0.25, 0.3) is 5.88 Å². The van der Waals surface area contributed by atoms with Crippen molar-refractivity contribution in [1.82, 2.24) is 20.1 Å². The van der Waals surface area contributed by atoms with Crippen LogP contribution in [0.1, 0.15) is 31.0 Å². The number of hydrogen-bond donors (Lipinski definition) is 2. The van der Waals surface area contributed by atoms with E-state index in [4.69, 9.17) is 14.2 Å². The molecule has 0 aromatic carbocycles. The lowest BCUT2D eigenvalue weighted by Crippen LogP contribution is -2.35. The van der Waals surface area contributed by atoms with Crippen molar-refractivity contribution >= 4 is 11.8 Å². The van der Waals surface area contributed by atoms with Gasteiger partial charge in [-0.15, -0.1) is 0 Å². The largest absolute Gasteiger partial charge is 0.491 e. The Morgan fingerprint density at radius 3 is 2.80 bits per heavy atom. The standard InChI is InChI=1S/C21H27N5O4/c1-14(30-13-15-5-6-15)11-23-21(27)24-19-10-17(26(2)25-19)8-7-16-9-18(28-3)20(29-4)22-12-16/h9-10,12,14-15H,5-6,11,13H2,1-4H3,(H2,23,24,25,27)/t14-/m1/s1. The Labute approximate surface area is 176 Å². The molecule has 2 aromatic heterocycles. The van der Waals surface area contributed by atoms with Crippen LogP contribution in [0.4, 0.5) is 10.6 Å². The molecule has 0 unspecified atom stereocenters. The molecular formula is C21H27N5O4. The van der Waals surface area contributed by atoms with Crippen LogP contribution in [0.2, 0.25) is 0 Å². The van der Waals surface area contributed by atoms with E-state index >= 15 is 0 Å². The van der Waals surface area contributed by atoms with Gasteiger partial charge in [0.1, 0.15) is 5.69 Å². The van der Waals surface area contributed by atoms with Crippen LogP contribution in [-0.2, 0) is 11.8 Å². The van der Waals surface area contributed by atoms with E-state index in [9.17, 15) is 4.79 Å². The van der Waals surface area contributed by atoms with Crippen molar-refractivity contribution in [2.24, 2.45) is 13.0 Å². The molecule has 0 saturated heterocycles. The molecule has 9 heteroatoms. The van der Waals surface area contributed by atoms with Gasteiger partial charge < -0.3 is 19.5 Å². The van der Waals surface area contributed by atoms with Crippen molar-refractivity contribution in [1.29, 1.82) is 0 Å². The van der Waals surface area contributed by atoms with Crippen molar-refractivity contribution < 1.29 is 19.0 Å². The normalized spacial score (nSPS) is 13.7. The zero-order chi connectivity index (χ0) is 21.5. The van der Waals surface area contributed by atoms with Crippen molar-refractivity contribution in [2.45, 2.75) is 25.9 Å².